The minimum absolute atomic E-state index is 0.00297. The summed E-state index contributed by atoms with van der Waals surface area (Å²) in [5.41, 5.74) is 4.66. The van der Waals surface area contributed by atoms with Crippen LogP contribution in [0.4, 0.5) is 4.79 Å². The van der Waals surface area contributed by atoms with Crippen molar-refractivity contribution in [2.24, 2.45) is 5.73 Å². The molecule has 0 aliphatic heterocycles. The SMILES string of the molecule is CC(C)(C)OC(=O)NCCc1nnn(CC(=O)CN)n1. The van der Waals surface area contributed by atoms with E-state index in [4.69, 9.17) is 10.5 Å². The van der Waals surface area contributed by atoms with Crippen LogP contribution in [-0.4, -0.2) is 50.8 Å². The van der Waals surface area contributed by atoms with Crippen LogP contribution in [0.1, 0.15) is 26.6 Å². The second-order valence-electron chi connectivity index (χ2n) is 5.16. The topological polar surface area (TPSA) is 125 Å². The van der Waals surface area contributed by atoms with E-state index < -0.39 is 11.7 Å². The van der Waals surface area contributed by atoms with Crippen LogP contribution in [0, 0.1) is 0 Å². The second-order valence-corrected chi connectivity index (χ2v) is 5.16. The quantitative estimate of drug-likeness (QED) is 0.705. The Morgan fingerprint density at radius 2 is 2.10 bits per heavy atom. The number of amides is 1. The number of aromatic nitrogens is 4. The van der Waals surface area contributed by atoms with Crippen molar-refractivity contribution < 1.29 is 14.3 Å². The maximum Gasteiger partial charge on any atom is 0.407 e. The maximum absolute atomic E-state index is 11.4. The Labute approximate surface area is 116 Å². The van der Waals surface area contributed by atoms with Crippen LogP contribution in [-0.2, 0) is 22.5 Å². The summed E-state index contributed by atoms with van der Waals surface area (Å²) in [5, 5.41) is 14.1. The highest BCUT2D eigenvalue weighted by atomic mass is 16.6. The zero-order valence-electron chi connectivity index (χ0n) is 11.9. The van der Waals surface area contributed by atoms with Crippen LogP contribution in [0.25, 0.3) is 0 Å². The largest absolute Gasteiger partial charge is 0.444 e. The van der Waals surface area contributed by atoms with Gasteiger partial charge < -0.3 is 15.8 Å². The van der Waals surface area contributed by atoms with Gasteiger partial charge in [-0.05, 0) is 26.0 Å². The van der Waals surface area contributed by atoms with Gasteiger partial charge in [0.05, 0.1) is 6.54 Å². The summed E-state index contributed by atoms with van der Waals surface area (Å²) >= 11 is 0. The molecule has 20 heavy (non-hydrogen) atoms. The number of carbonyl (C=O) groups is 2. The number of nitrogens with zero attached hydrogens (tertiary/aromatic N) is 4. The predicted octanol–water partition coefficient (Wildman–Crippen LogP) is -0.732. The summed E-state index contributed by atoms with van der Waals surface area (Å²) in [5.74, 6) is 0.256. The third kappa shape index (κ3) is 6.23. The van der Waals surface area contributed by atoms with Gasteiger partial charge in [-0.15, -0.1) is 10.2 Å². The smallest absolute Gasteiger partial charge is 0.407 e. The summed E-state index contributed by atoms with van der Waals surface area (Å²) in [6.45, 7) is 5.63. The predicted molar refractivity (Wildman–Crippen MR) is 69.8 cm³/mol. The van der Waals surface area contributed by atoms with E-state index in [1.54, 1.807) is 20.8 Å². The van der Waals surface area contributed by atoms with Crippen LogP contribution in [0.15, 0.2) is 0 Å². The average molecular weight is 284 g/mol. The van der Waals surface area contributed by atoms with Gasteiger partial charge in [0.15, 0.2) is 11.6 Å². The van der Waals surface area contributed by atoms with Gasteiger partial charge in [0.1, 0.15) is 12.1 Å². The van der Waals surface area contributed by atoms with Gasteiger partial charge in [-0.2, -0.15) is 4.80 Å². The molecular weight excluding hydrogens is 264 g/mol. The van der Waals surface area contributed by atoms with Crippen molar-refractivity contribution in [1.82, 2.24) is 25.5 Å². The number of tetrazole rings is 1. The Kier molecular flexibility index (Phi) is 5.56. The molecule has 1 amide bonds. The molecule has 1 rings (SSSR count). The molecule has 0 fully saturated rings. The minimum atomic E-state index is -0.534. The molecule has 0 unspecified atom stereocenters. The molecule has 0 aliphatic carbocycles. The lowest BCUT2D eigenvalue weighted by atomic mass is 10.2. The summed E-state index contributed by atoms with van der Waals surface area (Å²) in [6, 6.07) is 0. The standard InChI is InChI=1S/C11H20N6O3/c1-11(2,3)20-10(19)13-5-4-9-14-16-17(15-9)7-8(18)6-12/h4-7,12H2,1-3H3,(H,13,19). The number of rotatable bonds is 6. The van der Waals surface area contributed by atoms with E-state index in [1.807, 2.05) is 0 Å². The molecule has 9 heteroatoms. The van der Waals surface area contributed by atoms with Gasteiger partial charge in [-0.1, -0.05) is 0 Å². The molecule has 9 nitrogen and oxygen atoms in total. The summed E-state index contributed by atoms with van der Waals surface area (Å²) in [7, 11) is 0. The normalized spacial score (nSPS) is 11.2. The number of ketones is 1. The van der Waals surface area contributed by atoms with Crippen molar-refractivity contribution in [3.05, 3.63) is 5.82 Å². The molecule has 0 aliphatic rings. The van der Waals surface area contributed by atoms with E-state index in [2.05, 4.69) is 20.7 Å². The van der Waals surface area contributed by atoms with E-state index >= 15 is 0 Å². The molecule has 3 N–H and O–H groups in total. The van der Waals surface area contributed by atoms with Gasteiger partial charge in [0.2, 0.25) is 0 Å². The van der Waals surface area contributed by atoms with Crippen LogP contribution in [0.5, 0.6) is 0 Å². The molecule has 112 valence electrons. The Bertz CT molecular complexity index is 465. The first-order chi connectivity index (χ1) is 9.30. The molecule has 1 aromatic heterocycles. The van der Waals surface area contributed by atoms with E-state index in [-0.39, 0.29) is 18.9 Å². The summed E-state index contributed by atoms with van der Waals surface area (Å²) in [4.78, 5) is 23.7. The fourth-order valence-corrected chi connectivity index (χ4v) is 1.26. The van der Waals surface area contributed by atoms with Gasteiger partial charge in [-0.3, -0.25) is 4.79 Å². The Morgan fingerprint density at radius 1 is 1.40 bits per heavy atom. The number of ether oxygens (including phenoxy) is 1. The average Bonchev–Trinajstić information content (AvgIpc) is 2.74. The van der Waals surface area contributed by atoms with Gasteiger partial charge in [0, 0.05) is 13.0 Å². The van der Waals surface area contributed by atoms with Crippen molar-refractivity contribution in [2.45, 2.75) is 39.3 Å². The van der Waals surface area contributed by atoms with E-state index in [0.29, 0.717) is 18.8 Å². The maximum atomic E-state index is 11.4. The first kappa shape index (κ1) is 16.0. The van der Waals surface area contributed by atoms with Crippen molar-refractivity contribution in [3.63, 3.8) is 0 Å². The number of alkyl carbamates (subject to hydrolysis) is 1. The fraction of sp³-hybridized carbons (Fsp3) is 0.727. The first-order valence-electron chi connectivity index (χ1n) is 6.25. The van der Waals surface area contributed by atoms with E-state index in [0.717, 1.165) is 0 Å². The number of hydrogen-bond donors (Lipinski definition) is 2. The Morgan fingerprint density at radius 3 is 2.70 bits per heavy atom. The number of nitrogens with one attached hydrogen (secondary N) is 1. The van der Waals surface area contributed by atoms with Crippen LogP contribution in [0.2, 0.25) is 0 Å². The molecule has 0 atom stereocenters. The van der Waals surface area contributed by atoms with Gasteiger partial charge >= 0.3 is 6.09 Å². The molecule has 0 radical (unpaired) electrons. The highest BCUT2D eigenvalue weighted by Gasteiger charge is 2.15. The van der Waals surface area contributed by atoms with Crippen molar-refractivity contribution in [2.75, 3.05) is 13.1 Å². The minimum Gasteiger partial charge on any atom is -0.444 e. The zero-order chi connectivity index (χ0) is 15.2. The molecular formula is C11H20N6O3. The number of Topliss-reactive ketones (excluding diaryl/α,β-unsaturated/α-hetero) is 1. The van der Waals surface area contributed by atoms with E-state index in [1.165, 1.54) is 4.80 Å². The lowest BCUT2D eigenvalue weighted by molar-refractivity contribution is -0.118. The lowest BCUT2D eigenvalue weighted by Gasteiger charge is -2.19. The lowest BCUT2D eigenvalue weighted by Crippen LogP contribution is -2.33. The summed E-state index contributed by atoms with van der Waals surface area (Å²) in [6.07, 6.45) is -0.0982. The third-order valence-corrected chi connectivity index (χ3v) is 2.06. The van der Waals surface area contributed by atoms with Crippen LogP contribution < -0.4 is 11.1 Å². The molecule has 1 heterocycles. The molecule has 0 aromatic carbocycles. The van der Waals surface area contributed by atoms with Crippen molar-refractivity contribution >= 4 is 11.9 Å². The Hall–Kier alpha value is -2.03. The Balaban J connectivity index is 2.32. The van der Waals surface area contributed by atoms with Crippen LogP contribution >= 0.6 is 0 Å². The zero-order valence-corrected chi connectivity index (χ0v) is 11.9. The van der Waals surface area contributed by atoms with E-state index in [9.17, 15) is 9.59 Å². The number of hydrogen-bond acceptors (Lipinski definition) is 7. The highest BCUT2D eigenvalue weighted by Crippen LogP contribution is 2.06. The molecule has 0 saturated carbocycles. The highest BCUT2D eigenvalue weighted by molar-refractivity contribution is 5.79. The summed E-state index contributed by atoms with van der Waals surface area (Å²) < 4.78 is 5.08. The molecule has 1 aromatic rings. The van der Waals surface area contributed by atoms with Crippen molar-refractivity contribution in [3.8, 4) is 0 Å². The molecule has 0 bridgehead atoms. The second kappa shape index (κ2) is 6.94. The third-order valence-electron chi connectivity index (χ3n) is 2.06. The van der Waals surface area contributed by atoms with Crippen molar-refractivity contribution in [1.29, 1.82) is 0 Å². The van der Waals surface area contributed by atoms with Gasteiger partial charge in [0.25, 0.3) is 0 Å². The number of carbonyl (C=O) groups excluding carboxylic acids is 2. The monoisotopic (exact) mass is 284 g/mol. The molecule has 0 saturated heterocycles. The first-order valence-corrected chi connectivity index (χ1v) is 6.25. The van der Waals surface area contributed by atoms with Gasteiger partial charge in [-0.25, -0.2) is 4.79 Å². The fourth-order valence-electron chi connectivity index (χ4n) is 1.26. The molecule has 0 spiro atoms. The van der Waals surface area contributed by atoms with Crippen LogP contribution in [0.3, 0.4) is 0 Å². The number of nitrogens with two attached hydrogens (primary N) is 1.